The summed E-state index contributed by atoms with van der Waals surface area (Å²) in [5.74, 6) is 0.342. The zero-order chi connectivity index (χ0) is 18.0. The van der Waals surface area contributed by atoms with Crippen LogP contribution in [0.3, 0.4) is 0 Å². The Labute approximate surface area is 149 Å². The highest BCUT2D eigenvalue weighted by Gasteiger charge is 2.30. The molecule has 1 aliphatic heterocycles. The second-order valence-electron chi connectivity index (χ2n) is 5.80. The Morgan fingerprint density at radius 1 is 1.36 bits per heavy atom. The van der Waals surface area contributed by atoms with Gasteiger partial charge in [0, 0.05) is 11.7 Å². The zero-order valence-corrected chi connectivity index (χ0v) is 14.4. The van der Waals surface area contributed by atoms with Crippen molar-refractivity contribution in [3.8, 4) is 12.1 Å². The van der Waals surface area contributed by atoms with Crippen LogP contribution in [-0.4, -0.2) is 17.7 Å². The van der Waals surface area contributed by atoms with Gasteiger partial charge in [0.25, 0.3) is 5.82 Å². The summed E-state index contributed by atoms with van der Waals surface area (Å²) in [6.45, 7) is 2.02. The molecule has 0 saturated carbocycles. The number of H-pyrrole nitrogens is 1. The van der Waals surface area contributed by atoms with Crippen molar-refractivity contribution in [1.82, 2.24) is 0 Å². The molecule has 7 heteroatoms. The number of thioether (sulfide) groups is 1. The summed E-state index contributed by atoms with van der Waals surface area (Å²) in [6, 6.07) is 13.4. The number of nitrogens with one attached hydrogen (secondary N) is 1. The average molecular weight is 350 g/mol. The van der Waals surface area contributed by atoms with E-state index in [4.69, 9.17) is 11.0 Å². The summed E-state index contributed by atoms with van der Waals surface area (Å²) in [6.07, 6.45) is 0.839. The van der Waals surface area contributed by atoms with E-state index in [1.165, 1.54) is 23.4 Å². The number of anilines is 2. The van der Waals surface area contributed by atoms with Gasteiger partial charge in [-0.2, -0.15) is 10.5 Å². The maximum Gasteiger partial charge on any atom is 0.289 e. The second-order valence-corrected chi connectivity index (χ2v) is 6.78. The molecular formula is C18H16N5OS+. The molecule has 1 atom stereocenters. The SMILES string of the molecule is C[C@@H]1Cc2ccccc2N1C(=O)CSc1[nH+]c(N)c(C#N)cc1C#N. The molecule has 1 aromatic heterocycles. The van der Waals surface area contributed by atoms with E-state index >= 15 is 0 Å². The van der Waals surface area contributed by atoms with Crippen molar-refractivity contribution in [1.29, 1.82) is 10.5 Å². The first-order valence-corrected chi connectivity index (χ1v) is 8.72. The number of nitrogen functional groups attached to an aromatic ring is 1. The van der Waals surface area contributed by atoms with Gasteiger partial charge in [-0.25, -0.2) is 4.98 Å². The molecule has 1 aliphatic rings. The summed E-state index contributed by atoms with van der Waals surface area (Å²) >= 11 is 1.22. The van der Waals surface area contributed by atoms with Gasteiger partial charge in [0.05, 0.1) is 5.75 Å². The van der Waals surface area contributed by atoms with Gasteiger partial charge in [0.2, 0.25) is 5.91 Å². The summed E-state index contributed by atoms with van der Waals surface area (Å²) < 4.78 is 0. The van der Waals surface area contributed by atoms with Gasteiger partial charge in [-0.05, 0) is 31.0 Å². The van der Waals surface area contributed by atoms with E-state index in [1.54, 1.807) is 4.90 Å². The van der Waals surface area contributed by atoms with Crippen molar-refractivity contribution in [2.45, 2.75) is 24.4 Å². The number of nitrogens with zero attached hydrogens (tertiary/aromatic N) is 3. The molecule has 3 rings (SSSR count). The third kappa shape index (κ3) is 3.15. The van der Waals surface area contributed by atoms with Gasteiger partial charge < -0.3 is 4.90 Å². The third-order valence-corrected chi connectivity index (χ3v) is 5.13. The molecule has 0 bridgehead atoms. The Kier molecular flexibility index (Phi) is 4.60. The number of hydrogen-bond donors (Lipinski definition) is 1. The first-order valence-electron chi connectivity index (χ1n) is 7.74. The average Bonchev–Trinajstić information content (AvgIpc) is 2.95. The molecule has 2 aromatic rings. The lowest BCUT2D eigenvalue weighted by Gasteiger charge is -2.22. The summed E-state index contributed by atoms with van der Waals surface area (Å²) in [7, 11) is 0. The second kappa shape index (κ2) is 6.84. The number of pyridine rings is 1. The Morgan fingerprint density at radius 2 is 2.08 bits per heavy atom. The Morgan fingerprint density at radius 3 is 2.80 bits per heavy atom. The summed E-state index contributed by atoms with van der Waals surface area (Å²) in [5, 5.41) is 18.7. The van der Waals surface area contributed by atoms with Crippen LogP contribution in [0.2, 0.25) is 0 Å². The monoisotopic (exact) mass is 350 g/mol. The first kappa shape index (κ1) is 16.8. The van der Waals surface area contributed by atoms with E-state index < -0.39 is 0 Å². The van der Waals surface area contributed by atoms with Gasteiger partial charge in [0.1, 0.15) is 23.3 Å². The molecule has 0 fully saturated rings. The van der Waals surface area contributed by atoms with Crippen molar-refractivity contribution in [3.63, 3.8) is 0 Å². The predicted molar refractivity (Wildman–Crippen MR) is 94.7 cm³/mol. The minimum absolute atomic E-state index is 0.0253. The highest BCUT2D eigenvalue weighted by atomic mass is 32.2. The van der Waals surface area contributed by atoms with E-state index in [-0.39, 0.29) is 29.1 Å². The number of fused-ring (bicyclic) bond motifs is 1. The van der Waals surface area contributed by atoms with Crippen LogP contribution in [0, 0.1) is 22.7 Å². The largest absolute Gasteiger partial charge is 0.308 e. The van der Waals surface area contributed by atoms with E-state index in [1.807, 2.05) is 43.3 Å². The van der Waals surface area contributed by atoms with E-state index in [2.05, 4.69) is 4.98 Å². The van der Waals surface area contributed by atoms with Crippen molar-refractivity contribution in [3.05, 3.63) is 47.0 Å². The van der Waals surface area contributed by atoms with Gasteiger partial charge in [0.15, 0.2) is 5.03 Å². The molecule has 0 saturated heterocycles. The number of carbonyl (C=O) groups excluding carboxylic acids is 1. The Balaban J connectivity index is 1.79. The van der Waals surface area contributed by atoms with Crippen LogP contribution in [0.25, 0.3) is 0 Å². The van der Waals surface area contributed by atoms with E-state index in [0.29, 0.717) is 10.6 Å². The lowest BCUT2D eigenvalue weighted by molar-refractivity contribution is -0.410. The fraction of sp³-hybridized carbons (Fsp3) is 0.222. The number of benzene rings is 1. The number of carbonyl (C=O) groups is 1. The highest BCUT2D eigenvalue weighted by molar-refractivity contribution is 7.99. The third-order valence-electron chi connectivity index (χ3n) is 4.13. The minimum atomic E-state index is -0.0253. The van der Waals surface area contributed by atoms with Gasteiger partial charge in [-0.15, -0.1) is 0 Å². The fourth-order valence-electron chi connectivity index (χ4n) is 2.98. The van der Waals surface area contributed by atoms with Crippen LogP contribution in [0.15, 0.2) is 35.4 Å². The van der Waals surface area contributed by atoms with Crippen molar-refractivity contribution in [2.75, 3.05) is 16.4 Å². The van der Waals surface area contributed by atoms with Crippen LogP contribution < -0.4 is 15.6 Å². The number of para-hydroxylation sites is 1. The standard InChI is InChI=1S/C18H15N5OS/c1-11-6-12-4-2-3-5-15(12)23(11)16(24)10-25-18-14(9-20)7-13(8-19)17(21)22-18/h2-5,7,11H,6,10H2,1H3,(H2,21,22)/p+1/t11-/m1/s1. The molecule has 124 valence electrons. The van der Waals surface area contributed by atoms with Crippen molar-refractivity contribution >= 4 is 29.2 Å². The van der Waals surface area contributed by atoms with E-state index in [9.17, 15) is 10.1 Å². The highest BCUT2D eigenvalue weighted by Crippen LogP contribution is 2.32. The molecular weight excluding hydrogens is 334 g/mol. The number of nitrogens with two attached hydrogens (primary N) is 1. The molecule has 0 aliphatic carbocycles. The normalized spacial score (nSPS) is 15.3. The molecule has 1 aromatic carbocycles. The number of aromatic amines is 1. The molecule has 0 spiro atoms. The molecule has 1 amide bonds. The smallest absolute Gasteiger partial charge is 0.289 e. The maximum absolute atomic E-state index is 12.7. The van der Waals surface area contributed by atoms with Gasteiger partial charge in [-0.3, -0.25) is 10.5 Å². The van der Waals surface area contributed by atoms with Crippen LogP contribution in [0.4, 0.5) is 11.5 Å². The zero-order valence-electron chi connectivity index (χ0n) is 13.6. The molecule has 2 heterocycles. The maximum atomic E-state index is 12.7. The molecule has 0 radical (unpaired) electrons. The summed E-state index contributed by atoms with van der Waals surface area (Å²) in [5.41, 5.74) is 8.41. The number of rotatable bonds is 3. The van der Waals surface area contributed by atoms with Crippen LogP contribution in [0.5, 0.6) is 0 Å². The lowest BCUT2D eigenvalue weighted by Crippen LogP contribution is -2.37. The van der Waals surface area contributed by atoms with Gasteiger partial charge in [-0.1, -0.05) is 30.0 Å². The quantitative estimate of drug-likeness (QED) is 0.851. The fourth-order valence-corrected chi connectivity index (χ4v) is 3.83. The summed E-state index contributed by atoms with van der Waals surface area (Å²) in [4.78, 5) is 17.4. The predicted octanol–water partition coefficient (Wildman–Crippen LogP) is 1.90. The van der Waals surface area contributed by atoms with E-state index in [0.717, 1.165) is 12.1 Å². The Hall–Kier alpha value is -3.03. The van der Waals surface area contributed by atoms with Crippen molar-refractivity contribution < 1.29 is 9.78 Å². The lowest BCUT2D eigenvalue weighted by atomic mass is 10.1. The van der Waals surface area contributed by atoms with Crippen molar-refractivity contribution in [2.24, 2.45) is 0 Å². The number of hydrogen-bond acceptors (Lipinski definition) is 5. The van der Waals surface area contributed by atoms with Crippen LogP contribution in [0.1, 0.15) is 23.6 Å². The van der Waals surface area contributed by atoms with Crippen LogP contribution >= 0.6 is 11.8 Å². The molecule has 0 unspecified atom stereocenters. The molecule has 6 nitrogen and oxygen atoms in total. The number of amides is 1. The molecule has 25 heavy (non-hydrogen) atoms. The minimum Gasteiger partial charge on any atom is -0.308 e. The molecule has 3 N–H and O–H groups in total. The number of nitriles is 2. The topological polar surface area (TPSA) is 108 Å². The van der Waals surface area contributed by atoms with Gasteiger partial charge >= 0.3 is 0 Å². The van der Waals surface area contributed by atoms with Crippen LogP contribution in [-0.2, 0) is 11.2 Å². The first-order chi connectivity index (χ1) is 12.0. The number of aromatic nitrogens is 1. The Bertz CT molecular complexity index is 928.